The number of amides is 3. The SMILES string of the molecule is COc1ccc(NC(=O)[C@@H](CC(C)C)N2C(=O)c3ccccc3C2=O)cc1S(=O)(=O)N1CCCCC1. The van der Waals surface area contributed by atoms with Crippen molar-refractivity contribution in [1.29, 1.82) is 0 Å². The molecule has 0 saturated carbocycles. The Hall–Kier alpha value is -3.24. The molecule has 0 unspecified atom stereocenters. The fourth-order valence-electron chi connectivity index (χ4n) is 4.69. The standard InChI is InChI=1S/C26H31N3O6S/c1-17(2)15-21(29-25(31)19-9-5-6-10-20(19)26(29)32)24(30)27-18-11-12-22(35-3)23(16-18)36(33,34)28-13-7-4-8-14-28/h5-6,9-12,16-17,21H,4,7-8,13-15H2,1-3H3,(H,27,30)/t21-/m1/s1. The number of hydrogen-bond donors (Lipinski definition) is 1. The molecule has 0 aromatic heterocycles. The molecule has 0 spiro atoms. The van der Waals surface area contributed by atoms with Gasteiger partial charge in [0.15, 0.2) is 0 Å². The zero-order chi connectivity index (χ0) is 26.0. The van der Waals surface area contributed by atoms with Crippen LogP contribution in [-0.4, -0.2) is 61.6 Å². The first-order valence-electron chi connectivity index (χ1n) is 12.1. The lowest BCUT2D eigenvalue weighted by atomic mass is 10.0. The summed E-state index contributed by atoms with van der Waals surface area (Å²) in [6.07, 6.45) is 2.81. The van der Waals surface area contributed by atoms with Gasteiger partial charge in [-0.2, -0.15) is 4.31 Å². The van der Waals surface area contributed by atoms with E-state index < -0.39 is 33.8 Å². The number of ether oxygens (including phenoxy) is 1. The summed E-state index contributed by atoms with van der Waals surface area (Å²) in [4.78, 5) is 40.5. The molecule has 2 heterocycles. The van der Waals surface area contributed by atoms with Gasteiger partial charge in [-0.3, -0.25) is 19.3 Å². The molecule has 1 N–H and O–H groups in total. The fraction of sp³-hybridized carbons (Fsp3) is 0.423. The van der Waals surface area contributed by atoms with Gasteiger partial charge in [0, 0.05) is 18.8 Å². The van der Waals surface area contributed by atoms with E-state index in [0.717, 1.165) is 24.2 Å². The molecule has 10 heteroatoms. The largest absolute Gasteiger partial charge is 0.495 e. The van der Waals surface area contributed by atoms with Crippen LogP contribution < -0.4 is 10.1 Å². The van der Waals surface area contributed by atoms with Crippen molar-refractivity contribution >= 4 is 33.4 Å². The smallest absolute Gasteiger partial charge is 0.262 e. The normalized spacial score (nSPS) is 17.3. The van der Waals surface area contributed by atoms with Gasteiger partial charge in [-0.15, -0.1) is 0 Å². The topological polar surface area (TPSA) is 113 Å². The Morgan fingerprint density at radius 2 is 1.61 bits per heavy atom. The second-order valence-corrected chi connectivity index (χ2v) is 11.4. The number of fused-ring (bicyclic) bond motifs is 1. The third-order valence-corrected chi connectivity index (χ3v) is 8.42. The van der Waals surface area contributed by atoms with E-state index in [1.165, 1.54) is 23.5 Å². The number of rotatable bonds is 8. The maximum absolute atomic E-state index is 13.4. The molecule has 2 aliphatic rings. The van der Waals surface area contributed by atoms with Gasteiger partial charge in [0.05, 0.1) is 18.2 Å². The third-order valence-electron chi connectivity index (χ3n) is 6.50. The molecule has 1 saturated heterocycles. The van der Waals surface area contributed by atoms with Gasteiger partial charge >= 0.3 is 0 Å². The summed E-state index contributed by atoms with van der Waals surface area (Å²) in [6, 6.07) is 9.84. The number of carbonyl (C=O) groups is 3. The van der Waals surface area contributed by atoms with Crippen molar-refractivity contribution in [2.45, 2.75) is 50.5 Å². The molecular weight excluding hydrogens is 482 g/mol. The summed E-state index contributed by atoms with van der Waals surface area (Å²) in [5, 5.41) is 2.74. The number of anilines is 1. The van der Waals surface area contributed by atoms with Crippen LogP contribution >= 0.6 is 0 Å². The van der Waals surface area contributed by atoms with E-state index in [9.17, 15) is 22.8 Å². The average molecular weight is 514 g/mol. The highest BCUT2D eigenvalue weighted by Crippen LogP contribution is 2.32. The average Bonchev–Trinajstić information content (AvgIpc) is 3.12. The summed E-state index contributed by atoms with van der Waals surface area (Å²) < 4.78 is 33.4. The van der Waals surface area contributed by atoms with E-state index >= 15 is 0 Å². The monoisotopic (exact) mass is 513 g/mol. The Bertz CT molecular complexity index is 1250. The minimum Gasteiger partial charge on any atom is -0.495 e. The van der Waals surface area contributed by atoms with E-state index in [1.54, 1.807) is 30.3 Å². The van der Waals surface area contributed by atoms with Crippen LogP contribution in [-0.2, 0) is 14.8 Å². The van der Waals surface area contributed by atoms with Gasteiger partial charge in [-0.25, -0.2) is 8.42 Å². The molecule has 1 atom stereocenters. The number of methoxy groups -OCH3 is 1. The van der Waals surface area contributed by atoms with Crippen LogP contribution in [0.25, 0.3) is 0 Å². The molecule has 0 bridgehead atoms. The van der Waals surface area contributed by atoms with Crippen LogP contribution in [0, 0.1) is 5.92 Å². The molecule has 36 heavy (non-hydrogen) atoms. The highest BCUT2D eigenvalue weighted by atomic mass is 32.2. The van der Waals surface area contributed by atoms with E-state index in [4.69, 9.17) is 4.74 Å². The van der Waals surface area contributed by atoms with Crippen molar-refractivity contribution in [3.05, 3.63) is 53.6 Å². The maximum Gasteiger partial charge on any atom is 0.262 e. The van der Waals surface area contributed by atoms with Crippen molar-refractivity contribution in [1.82, 2.24) is 9.21 Å². The number of sulfonamides is 1. The van der Waals surface area contributed by atoms with Gasteiger partial charge in [0.2, 0.25) is 15.9 Å². The van der Waals surface area contributed by atoms with Gasteiger partial charge in [-0.05, 0) is 55.5 Å². The molecule has 1 fully saturated rings. The van der Waals surface area contributed by atoms with Crippen molar-refractivity contribution in [3.8, 4) is 5.75 Å². The van der Waals surface area contributed by atoms with Crippen molar-refractivity contribution in [2.75, 3.05) is 25.5 Å². The Labute approximate surface area is 211 Å². The number of benzene rings is 2. The summed E-state index contributed by atoms with van der Waals surface area (Å²) in [6.45, 7) is 4.65. The highest BCUT2D eigenvalue weighted by Gasteiger charge is 2.43. The number of carbonyl (C=O) groups excluding carboxylic acids is 3. The minimum atomic E-state index is -3.83. The quantitative estimate of drug-likeness (QED) is 0.541. The lowest BCUT2D eigenvalue weighted by molar-refractivity contribution is -0.120. The second kappa shape index (κ2) is 10.4. The molecular formula is C26H31N3O6S. The number of nitrogens with one attached hydrogen (secondary N) is 1. The Morgan fingerprint density at radius 1 is 1.00 bits per heavy atom. The molecule has 2 aromatic rings. The molecule has 2 aromatic carbocycles. The van der Waals surface area contributed by atoms with Crippen molar-refractivity contribution < 1.29 is 27.5 Å². The van der Waals surface area contributed by atoms with E-state index in [0.29, 0.717) is 13.1 Å². The highest BCUT2D eigenvalue weighted by molar-refractivity contribution is 7.89. The first-order valence-corrected chi connectivity index (χ1v) is 13.5. The lowest BCUT2D eigenvalue weighted by Gasteiger charge is -2.28. The maximum atomic E-state index is 13.4. The molecule has 0 aliphatic carbocycles. The van der Waals surface area contributed by atoms with Crippen LogP contribution in [0.5, 0.6) is 5.75 Å². The van der Waals surface area contributed by atoms with Crippen molar-refractivity contribution in [2.24, 2.45) is 5.92 Å². The zero-order valence-electron chi connectivity index (χ0n) is 20.7. The number of piperidine rings is 1. The van der Waals surface area contributed by atoms with Crippen LogP contribution in [0.3, 0.4) is 0 Å². The van der Waals surface area contributed by atoms with Gasteiger partial charge < -0.3 is 10.1 Å². The fourth-order valence-corrected chi connectivity index (χ4v) is 6.39. The van der Waals surface area contributed by atoms with E-state index in [-0.39, 0.29) is 39.8 Å². The first-order chi connectivity index (χ1) is 17.1. The zero-order valence-corrected chi connectivity index (χ0v) is 21.5. The molecule has 4 rings (SSSR count). The molecule has 192 valence electrons. The molecule has 2 aliphatic heterocycles. The molecule has 0 radical (unpaired) electrons. The van der Waals surface area contributed by atoms with Gasteiger partial charge in [0.1, 0.15) is 16.7 Å². The first kappa shape index (κ1) is 25.8. The predicted octanol–water partition coefficient (Wildman–Crippen LogP) is 3.52. The second-order valence-electron chi connectivity index (χ2n) is 9.49. The van der Waals surface area contributed by atoms with Crippen LogP contribution in [0.15, 0.2) is 47.4 Å². The van der Waals surface area contributed by atoms with Crippen molar-refractivity contribution in [3.63, 3.8) is 0 Å². The van der Waals surface area contributed by atoms with E-state index in [2.05, 4.69) is 5.32 Å². The Kier molecular flexibility index (Phi) is 7.46. The summed E-state index contributed by atoms with van der Waals surface area (Å²) in [7, 11) is -2.44. The van der Waals surface area contributed by atoms with Crippen LogP contribution in [0.1, 0.15) is 60.2 Å². The predicted molar refractivity (Wildman–Crippen MR) is 134 cm³/mol. The number of hydrogen-bond acceptors (Lipinski definition) is 6. The minimum absolute atomic E-state index is 0.0102. The van der Waals surface area contributed by atoms with Crippen LogP contribution in [0.2, 0.25) is 0 Å². The van der Waals surface area contributed by atoms with Gasteiger partial charge in [0.25, 0.3) is 11.8 Å². The van der Waals surface area contributed by atoms with Gasteiger partial charge in [-0.1, -0.05) is 32.4 Å². The Balaban J connectivity index is 1.63. The Morgan fingerprint density at radius 3 is 2.17 bits per heavy atom. The van der Waals surface area contributed by atoms with E-state index in [1.807, 2.05) is 13.8 Å². The summed E-state index contributed by atoms with van der Waals surface area (Å²) in [5.41, 5.74) is 0.772. The number of nitrogens with zero attached hydrogens (tertiary/aromatic N) is 2. The third kappa shape index (κ3) is 4.87. The lowest BCUT2D eigenvalue weighted by Crippen LogP contribution is -2.48. The summed E-state index contributed by atoms with van der Waals surface area (Å²) in [5.74, 6) is -1.41. The van der Waals surface area contributed by atoms with Crippen LogP contribution in [0.4, 0.5) is 5.69 Å². The summed E-state index contributed by atoms with van der Waals surface area (Å²) >= 11 is 0. The molecule has 3 amide bonds. The number of imide groups is 1. The molecule has 9 nitrogen and oxygen atoms in total.